The molecule has 1 N–H and O–H groups in total. The quantitative estimate of drug-likeness (QED) is 0.787. The fraction of sp³-hybridized carbons (Fsp3) is 0.611. The number of carbonyl (C=O) groups is 1. The SMILES string of the molecule is CC[C@H]1CCCCN1CCCNC(=O)c1ccc(OC)cc1. The minimum absolute atomic E-state index is 0.00617. The van der Waals surface area contributed by atoms with Gasteiger partial charge >= 0.3 is 0 Å². The van der Waals surface area contributed by atoms with E-state index in [4.69, 9.17) is 4.74 Å². The van der Waals surface area contributed by atoms with Crippen molar-refractivity contribution in [2.75, 3.05) is 26.7 Å². The first-order chi connectivity index (χ1) is 10.7. The van der Waals surface area contributed by atoms with E-state index in [2.05, 4.69) is 17.1 Å². The number of likely N-dealkylation sites (tertiary alicyclic amines) is 1. The maximum atomic E-state index is 12.1. The number of nitrogens with zero attached hydrogens (tertiary/aromatic N) is 1. The minimum atomic E-state index is -0.00617. The molecule has 0 saturated carbocycles. The highest BCUT2D eigenvalue weighted by Gasteiger charge is 2.19. The van der Waals surface area contributed by atoms with Crippen molar-refractivity contribution in [3.8, 4) is 5.75 Å². The Labute approximate surface area is 133 Å². The lowest BCUT2D eigenvalue weighted by atomic mass is 10.00. The van der Waals surface area contributed by atoms with E-state index in [9.17, 15) is 4.79 Å². The van der Waals surface area contributed by atoms with Gasteiger partial charge in [0.25, 0.3) is 5.91 Å². The third kappa shape index (κ3) is 4.73. The zero-order valence-corrected chi connectivity index (χ0v) is 13.8. The Balaban J connectivity index is 1.70. The summed E-state index contributed by atoms with van der Waals surface area (Å²) < 4.78 is 5.10. The molecule has 1 aromatic rings. The van der Waals surface area contributed by atoms with Crippen LogP contribution in [0, 0.1) is 0 Å². The van der Waals surface area contributed by atoms with Crippen LogP contribution in [0.2, 0.25) is 0 Å². The number of benzene rings is 1. The molecule has 1 heterocycles. The van der Waals surface area contributed by atoms with E-state index >= 15 is 0 Å². The van der Waals surface area contributed by atoms with Crippen molar-refractivity contribution >= 4 is 5.91 Å². The molecule has 2 rings (SSSR count). The van der Waals surface area contributed by atoms with Gasteiger partial charge in [0, 0.05) is 24.7 Å². The predicted octanol–water partition coefficient (Wildman–Crippen LogP) is 3.08. The molecule has 4 nitrogen and oxygen atoms in total. The van der Waals surface area contributed by atoms with E-state index in [0.717, 1.165) is 31.3 Å². The lowest BCUT2D eigenvalue weighted by Crippen LogP contribution is -2.40. The maximum Gasteiger partial charge on any atom is 0.251 e. The van der Waals surface area contributed by atoms with Crippen LogP contribution in [0.3, 0.4) is 0 Å². The Morgan fingerprint density at radius 1 is 1.32 bits per heavy atom. The van der Waals surface area contributed by atoms with E-state index < -0.39 is 0 Å². The molecule has 0 aromatic heterocycles. The molecule has 0 unspecified atom stereocenters. The number of hydrogen-bond donors (Lipinski definition) is 1. The number of ether oxygens (including phenoxy) is 1. The van der Waals surface area contributed by atoms with Gasteiger partial charge in [0.2, 0.25) is 0 Å². The van der Waals surface area contributed by atoms with Crippen molar-refractivity contribution in [2.24, 2.45) is 0 Å². The highest BCUT2D eigenvalue weighted by Crippen LogP contribution is 2.19. The summed E-state index contributed by atoms with van der Waals surface area (Å²) in [4.78, 5) is 14.6. The summed E-state index contributed by atoms with van der Waals surface area (Å²) >= 11 is 0. The van der Waals surface area contributed by atoms with Gasteiger partial charge in [-0.1, -0.05) is 13.3 Å². The molecular weight excluding hydrogens is 276 g/mol. The van der Waals surface area contributed by atoms with Gasteiger partial charge in [0.1, 0.15) is 5.75 Å². The summed E-state index contributed by atoms with van der Waals surface area (Å²) in [5, 5.41) is 3.00. The third-order valence-electron chi connectivity index (χ3n) is 4.48. The Morgan fingerprint density at radius 2 is 2.09 bits per heavy atom. The normalized spacial score (nSPS) is 18.9. The van der Waals surface area contributed by atoms with Crippen LogP contribution in [-0.2, 0) is 0 Å². The summed E-state index contributed by atoms with van der Waals surface area (Å²) in [6.07, 6.45) is 6.25. The van der Waals surface area contributed by atoms with Crippen molar-refractivity contribution < 1.29 is 9.53 Å². The second kappa shape index (κ2) is 8.79. The van der Waals surface area contributed by atoms with Gasteiger partial charge in [0.05, 0.1) is 7.11 Å². The number of rotatable bonds is 7. The lowest BCUT2D eigenvalue weighted by Gasteiger charge is -2.35. The number of piperidine rings is 1. The van der Waals surface area contributed by atoms with Crippen molar-refractivity contribution in [1.82, 2.24) is 10.2 Å². The minimum Gasteiger partial charge on any atom is -0.497 e. The molecule has 4 heteroatoms. The van der Waals surface area contributed by atoms with Crippen LogP contribution < -0.4 is 10.1 Å². The monoisotopic (exact) mass is 304 g/mol. The van der Waals surface area contributed by atoms with Crippen molar-refractivity contribution in [3.63, 3.8) is 0 Å². The number of amides is 1. The molecule has 1 saturated heterocycles. The molecular formula is C18H28N2O2. The van der Waals surface area contributed by atoms with Gasteiger partial charge in [-0.15, -0.1) is 0 Å². The summed E-state index contributed by atoms with van der Waals surface area (Å²) in [6.45, 7) is 5.30. The Hall–Kier alpha value is -1.55. The van der Waals surface area contributed by atoms with Crippen LogP contribution in [0.25, 0.3) is 0 Å². The van der Waals surface area contributed by atoms with Crippen LogP contribution in [0.5, 0.6) is 5.75 Å². The predicted molar refractivity (Wildman–Crippen MR) is 89.4 cm³/mol. The van der Waals surface area contributed by atoms with Gasteiger partial charge < -0.3 is 15.0 Å². The summed E-state index contributed by atoms with van der Waals surface area (Å²) in [7, 11) is 1.62. The standard InChI is InChI=1S/C18H28N2O2/c1-3-16-7-4-5-13-20(16)14-6-12-19-18(21)15-8-10-17(22-2)11-9-15/h8-11,16H,3-7,12-14H2,1-2H3,(H,19,21)/t16-/m0/s1. The smallest absolute Gasteiger partial charge is 0.251 e. The van der Waals surface area contributed by atoms with E-state index in [-0.39, 0.29) is 5.91 Å². The molecule has 1 amide bonds. The van der Waals surface area contributed by atoms with Gasteiger partial charge in [0.15, 0.2) is 0 Å². The Bertz CT molecular complexity index is 459. The molecule has 0 spiro atoms. The third-order valence-corrected chi connectivity index (χ3v) is 4.48. The Morgan fingerprint density at radius 3 is 2.77 bits per heavy atom. The van der Waals surface area contributed by atoms with Crippen molar-refractivity contribution in [3.05, 3.63) is 29.8 Å². The first kappa shape index (κ1) is 16.8. The van der Waals surface area contributed by atoms with Gasteiger partial charge in [-0.3, -0.25) is 4.79 Å². The second-order valence-corrected chi connectivity index (χ2v) is 5.93. The molecule has 122 valence electrons. The van der Waals surface area contributed by atoms with Crippen molar-refractivity contribution in [1.29, 1.82) is 0 Å². The summed E-state index contributed by atoms with van der Waals surface area (Å²) in [5.74, 6) is 0.764. The van der Waals surface area contributed by atoms with E-state index in [0.29, 0.717) is 5.56 Å². The molecule has 0 bridgehead atoms. The number of carbonyl (C=O) groups excluding carboxylic acids is 1. The fourth-order valence-electron chi connectivity index (χ4n) is 3.15. The highest BCUT2D eigenvalue weighted by atomic mass is 16.5. The first-order valence-electron chi connectivity index (χ1n) is 8.41. The van der Waals surface area contributed by atoms with Crippen molar-refractivity contribution in [2.45, 2.75) is 45.1 Å². The maximum absolute atomic E-state index is 12.1. The lowest BCUT2D eigenvalue weighted by molar-refractivity contribution is 0.0947. The van der Waals surface area contributed by atoms with Crippen LogP contribution in [0.4, 0.5) is 0 Å². The largest absolute Gasteiger partial charge is 0.497 e. The fourth-order valence-corrected chi connectivity index (χ4v) is 3.15. The van der Waals surface area contributed by atoms with E-state index in [1.807, 2.05) is 12.1 Å². The zero-order chi connectivity index (χ0) is 15.8. The number of methoxy groups -OCH3 is 1. The molecule has 1 fully saturated rings. The van der Waals surface area contributed by atoms with Crippen LogP contribution in [0.1, 0.15) is 49.4 Å². The average molecular weight is 304 g/mol. The van der Waals surface area contributed by atoms with Gasteiger partial charge in [-0.2, -0.15) is 0 Å². The topological polar surface area (TPSA) is 41.6 Å². The highest BCUT2D eigenvalue weighted by molar-refractivity contribution is 5.94. The molecule has 1 aliphatic heterocycles. The Kier molecular flexibility index (Phi) is 6.72. The molecule has 22 heavy (non-hydrogen) atoms. The molecule has 1 atom stereocenters. The van der Waals surface area contributed by atoms with E-state index in [1.54, 1.807) is 19.2 Å². The van der Waals surface area contributed by atoms with E-state index in [1.165, 1.54) is 32.2 Å². The molecule has 1 aliphatic rings. The zero-order valence-electron chi connectivity index (χ0n) is 13.8. The van der Waals surface area contributed by atoms with Crippen LogP contribution in [0.15, 0.2) is 24.3 Å². The second-order valence-electron chi connectivity index (χ2n) is 5.93. The van der Waals surface area contributed by atoms with Gasteiger partial charge in [-0.25, -0.2) is 0 Å². The van der Waals surface area contributed by atoms with Crippen LogP contribution in [-0.4, -0.2) is 43.6 Å². The molecule has 0 radical (unpaired) electrons. The summed E-state index contributed by atoms with van der Waals surface area (Å²) in [5.41, 5.74) is 0.685. The van der Waals surface area contributed by atoms with Crippen LogP contribution >= 0.6 is 0 Å². The molecule has 0 aliphatic carbocycles. The number of hydrogen-bond acceptors (Lipinski definition) is 3. The first-order valence-corrected chi connectivity index (χ1v) is 8.41. The molecule has 1 aromatic carbocycles. The number of nitrogens with one attached hydrogen (secondary N) is 1. The average Bonchev–Trinajstić information content (AvgIpc) is 2.59. The van der Waals surface area contributed by atoms with Gasteiger partial charge in [-0.05, 0) is 56.5 Å². The summed E-state index contributed by atoms with van der Waals surface area (Å²) in [6, 6.07) is 7.96.